The molecule has 2 aromatic rings. The van der Waals surface area contributed by atoms with Gasteiger partial charge < -0.3 is 0 Å². The quantitative estimate of drug-likeness (QED) is 0.646. The molecule has 0 bridgehead atoms. The zero-order chi connectivity index (χ0) is 15.6. The van der Waals surface area contributed by atoms with Crippen LogP contribution in [0.5, 0.6) is 0 Å². The van der Waals surface area contributed by atoms with Gasteiger partial charge in [0.1, 0.15) is 0 Å². The van der Waals surface area contributed by atoms with Crippen LogP contribution in [0.1, 0.15) is 35.8 Å². The molecule has 0 saturated heterocycles. The summed E-state index contributed by atoms with van der Waals surface area (Å²) in [6, 6.07) is 4.23. The van der Waals surface area contributed by atoms with Crippen LogP contribution in [0.2, 0.25) is 0 Å². The van der Waals surface area contributed by atoms with Crippen LogP contribution < -0.4 is 5.32 Å². The molecular weight excluding hydrogens is 358 g/mol. The van der Waals surface area contributed by atoms with E-state index in [2.05, 4.69) is 26.2 Å². The van der Waals surface area contributed by atoms with Gasteiger partial charge in [0, 0.05) is 17.0 Å². The molecule has 1 aromatic carbocycles. The molecule has 1 heterocycles. The Kier molecular flexibility index (Phi) is 4.69. The van der Waals surface area contributed by atoms with Gasteiger partial charge in [-0.25, -0.2) is 4.98 Å². The first-order valence-electron chi connectivity index (χ1n) is 6.09. The third-order valence-electron chi connectivity index (χ3n) is 2.74. The van der Waals surface area contributed by atoms with Crippen molar-refractivity contribution in [2.45, 2.75) is 19.8 Å². The summed E-state index contributed by atoms with van der Waals surface area (Å²) >= 11 is 4.41. The minimum atomic E-state index is -0.541. The predicted octanol–water partition coefficient (Wildman–Crippen LogP) is 4.19. The SMILES string of the molecule is CC(C)c1csc(NC(=O)c2ccc(Br)c([N+](=O)[O-])c2)n1. The molecule has 0 aliphatic heterocycles. The molecule has 0 spiro atoms. The van der Waals surface area contributed by atoms with Crippen molar-refractivity contribution in [3.8, 4) is 0 Å². The monoisotopic (exact) mass is 369 g/mol. The van der Waals surface area contributed by atoms with Gasteiger partial charge in [-0.15, -0.1) is 11.3 Å². The van der Waals surface area contributed by atoms with Gasteiger partial charge in [0.25, 0.3) is 11.6 Å². The molecule has 0 saturated carbocycles. The molecule has 1 amide bonds. The topological polar surface area (TPSA) is 85.1 Å². The zero-order valence-electron chi connectivity index (χ0n) is 11.3. The average Bonchev–Trinajstić information content (AvgIpc) is 2.87. The first-order chi connectivity index (χ1) is 9.88. The molecule has 1 aromatic heterocycles. The number of hydrogen-bond acceptors (Lipinski definition) is 5. The van der Waals surface area contributed by atoms with Crippen LogP contribution in [0.25, 0.3) is 0 Å². The normalized spacial score (nSPS) is 10.7. The highest BCUT2D eigenvalue weighted by molar-refractivity contribution is 9.10. The Morgan fingerprint density at radius 1 is 1.48 bits per heavy atom. The van der Waals surface area contributed by atoms with Crippen molar-refractivity contribution in [2.75, 3.05) is 5.32 Å². The average molecular weight is 370 g/mol. The van der Waals surface area contributed by atoms with Crippen molar-refractivity contribution in [2.24, 2.45) is 0 Å². The van der Waals surface area contributed by atoms with Crippen LogP contribution in [0, 0.1) is 10.1 Å². The number of hydrogen-bond donors (Lipinski definition) is 1. The molecule has 0 aliphatic carbocycles. The number of nitro benzene ring substituents is 1. The zero-order valence-corrected chi connectivity index (χ0v) is 13.7. The van der Waals surface area contributed by atoms with E-state index in [1.807, 2.05) is 19.2 Å². The van der Waals surface area contributed by atoms with Gasteiger partial charge in [-0.05, 0) is 34.0 Å². The first-order valence-corrected chi connectivity index (χ1v) is 7.76. The Morgan fingerprint density at radius 2 is 2.19 bits per heavy atom. The van der Waals surface area contributed by atoms with E-state index in [9.17, 15) is 14.9 Å². The molecule has 0 radical (unpaired) electrons. The number of halogens is 1. The first kappa shape index (κ1) is 15.6. The number of carbonyl (C=O) groups excluding carboxylic acids is 1. The molecule has 8 heteroatoms. The summed E-state index contributed by atoms with van der Waals surface area (Å²) in [6.45, 7) is 4.03. The lowest BCUT2D eigenvalue weighted by Gasteiger charge is -2.03. The number of amides is 1. The summed E-state index contributed by atoms with van der Waals surface area (Å²) in [5.41, 5.74) is 0.966. The van der Waals surface area contributed by atoms with E-state index in [4.69, 9.17) is 0 Å². The van der Waals surface area contributed by atoms with Gasteiger partial charge in [-0.1, -0.05) is 13.8 Å². The summed E-state index contributed by atoms with van der Waals surface area (Å²) in [5.74, 6) is -0.143. The molecule has 0 aliphatic rings. The number of thiazole rings is 1. The van der Waals surface area contributed by atoms with Crippen LogP contribution in [-0.4, -0.2) is 15.8 Å². The molecule has 110 valence electrons. The predicted molar refractivity (Wildman–Crippen MR) is 85.0 cm³/mol. The number of nitro groups is 1. The van der Waals surface area contributed by atoms with E-state index in [1.165, 1.54) is 29.5 Å². The Morgan fingerprint density at radius 3 is 2.76 bits per heavy atom. The standard InChI is InChI=1S/C13H12BrN3O3S/c1-7(2)10-6-21-13(15-10)16-12(18)8-3-4-9(14)11(5-8)17(19)20/h3-7H,1-2H3,(H,15,16,18). The highest BCUT2D eigenvalue weighted by Crippen LogP contribution is 2.27. The van der Waals surface area contributed by atoms with Crippen molar-refractivity contribution in [3.05, 3.63) is 49.4 Å². The molecule has 0 atom stereocenters. The van der Waals surface area contributed by atoms with Gasteiger partial charge in [-0.3, -0.25) is 20.2 Å². The fourth-order valence-corrected chi connectivity index (χ4v) is 2.83. The summed E-state index contributed by atoms with van der Waals surface area (Å²) in [7, 11) is 0. The van der Waals surface area contributed by atoms with Crippen LogP contribution in [0.15, 0.2) is 28.1 Å². The third kappa shape index (κ3) is 3.64. The fraction of sp³-hybridized carbons (Fsp3) is 0.231. The van der Waals surface area contributed by atoms with Crippen molar-refractivity contribution >= 4 is 44.0 Å². The smallest absolute Gasteiger partial charge is 0.284 e. The minimum Gasteiger partial charge on any atom is -0.298 e. The van der Waals surface area contributed by atoms with E-state index >= 15 is 0 Å². The van der Waals surface area contributed by atoms with E-state index < -0.39 is 10.8 Å². The number of aromatic nitrogens is 1. The summed E-state index contributed by atoms with van der Waals surface area (Å²) in [6.07, 6.45) is 0. The van der Waals surface area contributed by atoms with E-state index in [0.29, 0.717) is 9.60 Å². The van der Waals surface area contributed by atoms with Gasteiger partial charge in [0.15, 0.2) is 5.13 Å². The Balaban J connectivity index is 2.20. The molecule has 0 fully saturated rings. The molecular formula is C13H12BrN3O3S. The lowest BCUT2D eigenvalue weighted by atomic mass is 10.2. The third-order valence-corrected chi connectivity index (χ3v) is 4.19. The van der Waals surface area contributed by atoms with Gasteiger partial charge in [0.2, 0.25) is 0 Å². The second-order valence-corrected chi connectivity index (χ2v) is 6.32. The summed E-state index contributed by atoms with van der Waals surface area (Å²) in [4.78, 5) is 26.7. The Bertz CT molecular complexity index is 700. The number of rotatable bonds is 4. The van der Waals surface area contributed by atoms with Crippen LogP contribution in [0.4, 0.5) is 10.8 Å². The minimum absolute atomic E-state index is 0.148. The number of nitrogens with zero attached hydrogens (tertiary/aromatic N) is 2. The number of carbonyl (C=O) groups is 1. The molecule has 21 heavy (non-hydrogen) atoms. The number of anilines is 1. The maximum absolute atomic E-state index is 12.1. The number of benzene rings is 1. The van der Waals surface area contributed by atoms with Crippen molar-refractivity contribution in [3.63, 3.8) is 0 Å². The van der Waals surface area contributed by atoms with E-state index in [-0.39, 0.29) is 17.2 Å². The van der Waals surface area contributed by atoms with Gasteiger partial charge in [-0.2, -0.15) is 0 Å². The van der Waals surface area contributed by atoms with Gasteiger partial charge in [0.05, 0.1) is 15.1 Å². The second-order valence-electron chi connectivity index (χ2n) is 4.61. The molecule has 2 rings (SSSR count). The maximum atomic E-state index is 12.1. The van der Waals surface area contributed by atoms with Crippen molar-refractivity contribution < 1.29 is 9.72 Å². The Labute approximate surface area is 133 Å². The van der Waals surface area contributed by atoms with Crippen molar-refractivity contribution in [1.29, 1.82) is 0 Å². The van der Waals surface area contributed by atoms with E-state index in [0.717, 1.165) is 5.69 Å². The Hall–Kier alpha value is -1.80. The lowest BCUT2D eigenvalue weighted by Crippen LogP contribution is -2.12. The maximum Gasteiger partial charge on any atom is 0.284 e. The number of nitrogens with one attached hydrogen (secondary N) is 1. The van der Waals surface area contributed by atoms with E-state index in [1.54, 1.807) is 0 Å². The molecule has 1 N–H and O–H groups in total. The fourth-order valence-electron chi connectivity index (χ4n) is 1.57. The highest BCUT2D eigenvalue weighted by Gasteiger charge is 2.17. The lowest BCUT2D eigenvalue weighted by molar-refractivity contribution is -0.385. The van der Waals surface area contributed by atoms with Crippen molar-refractivity contribution in [1.82, 2.24) is 4.98 Å². The van der Waals surface area contributed by atoms with Crippen LogP contribution in [-0.2, 0) is 0 Å². The summed E-state index contributed by atoms with van der Waals surface area (Å²) in [5, 5.41) is 15.9. The second kappa shape index (κ2) is 6.31. The van der Waals surface area contributed by atoms with Crippen LogP contribution in [0.3, 0.4) is 0 Å². The highest BCUT2D eigenvalue weighted by atomic mass is 79.9. The van der Waals surface area contributed by atoms with Gasteiger partial charge >= 0.3 is 0 Å². The van der Waals surface area contributed by atoms with Crippen LogP contribution >= 0.6 is 27.3 Å². The molecule has 0 unspecified atom stereocenters. The summed E-state index contributed by atoms with van der Waals surface area (Å²) < 4.78 is 0.334. The molecule has 6 nitrogen and oxygen atoms in total. The largest absolute Gasteiger partial charge is 0.298 e.